The number of nitrogens with zero attached hydrogens (tertiary/aromatic N) is 5. The van der Waals surface area contributed by atoms with E-state index in [4.69, 9.17) is 5.26 Å². The van der Waals surface area contributed by atoms with Gasteiger partial charge in [0.2, 0.25) is 0 Å². The molecule has 8 heteroatoms. The van der Waals surface area contributed by atoms with Gasteiger partial charge in [0.15, 0.2) is 11.3 Å². The van der Waals surface area contributed by atoms with Crippen LogP contribution in [0.2, 0.25) is 0 Å². The maximum Gasteiger partial charge on any atom is 0.416 e. The van der Waals surface area contributed by atoms with Gasteiger partial charge in [-0.3, -0.25) is 0 Å². The van der Waals surface area contributed by atoms with Crippen molar-refractivity contribution in [1.82, 2.24) is 19.6 Å². The summed E-state index contributed by atoms with van der Waals surface area (Å²) >= 11 is 0. The van der Waals surface area contributed by atoms with Gasteiger partial charge in [0.25, 0.3) is 0 Å². The molecule has 104 valence electrons. The van der Waals surface area contributed by atoms with E-state index in [-0.39, 0.29) is 5.69 Å². The normalized spacial score (nSPS) is 11.5. The lowest BCUT2D eigenvalue weighted by Crippen LogP contribution is -2.04. The molecule has 0 fully saturated rings. The minimum absolute atomic E-state index is 0.0999. The van der Waals surface area contributed by atoms with Crippen molar-refractivity contribution in [3.63, 3.8) is 0 Å². The van der Waals surface area contributed by atoms with Crippen LogP contribution in [0.5, 0.6) is 0 Å². The van der Waals surface area contributed by atoms with Crippen LogP contribution < -0.4 is 0 Å². The van der Waals surface area contributed by atoms with Gasteiger partial charge in [0.05, 0.1) is 11.8 Å². The summed E-state index contributed by atoms with van der Waals surface area (Å²) < 4.78 is 39.0. The van der Waals surface area contributed by atoms with Crippen LogP contribution in [0.25, 0.3) is 16.9 Å². The van der Waals surface area contributed by atoms with Crippen molar-refractivity contribution in [3.05, 3.63) is 48.0 Å². The highest BCUT2D eigenvalue weighted by molar-refractivity contribution is 5.73. The van der Waals surface area contributed by atoms with Crippen LogP contribution in [0.4, 0.5) is 13.2 Å². The highest BCUT2D eigenvalue weighted by Crippen LogP contribution is 2.31. The highest BCUT2D eigenvalue weighted by Gasteiger charge is 2.30. The molecule has 0 aliphatic rings. The van der Waals surface area contributed by atoms with E-state index in [1.165, 1.54) is 29.2 Å². The lowest BCUT2D eigenvalue weighted by molar-refractivity contribution is -0.137. The molecule has 0 atom stereocenters. The number of hydrogen-bond acceptors (Lipinski definition) is 4. The maximum absolute atomic E-state index is 12.6. The van der Waals surface area contributed by atoms with Crippen molar-refractivity contribution < 1.29 is 13.2 Å². The number of rotatable bonds is 1. The number of hydrogen-bond donors (Lipinski definition) is 0. The summed E-state index contributed by atoms with van der Waals surface area (Å²) in [6.45, 7) is 0. The van der Waals surface area contributed by atoms with Crippen molar-refractivity contribution in [2.45, 2.75) is 6.18 Å². The Morgan fingerprint density at radius 1 is 1.14 bits per heavy atom. The molecule has 0 spiro atoms. The Morgan fingerprint density at radius 2 is 1.86 bits per heavy atom. The molecular formula is C13H6F3N5. The van der Waals surface area contributed by atoms with E-state index in [9.17, 15) is 13.2 Å². The standard InChI is InChI=1S/C13H6F3N5/c14-13(15,16)9-3-1-8(2-4-9)11-12-18-7-19-21(12)6-10(5-17)20-11/h1-4,6-7H. The third-order valence-corrected chi connectivity index (χ3v) is 2.86. The Balaban J connectivity index is 2.16. The van der Waals surface area contributed by atoms with E-state index in [1.54, 1.807) is 0 Å². The molecule has 0 saturated carbocycles. The lowest BCUT2D eigenvalue weighted by atomic mass is 10.1. The van der Waals surface area contributed by atoms with Gasteiger partial charge < -0.3 is 0 Å². The second-order valence-corrected chi connectivity index (χ2v) is 4.19. The van der Waals surface area contributed by atoms with Gasteiger partial charge in [-0.05, 0) is 12.1 Å². The topological polar surface area (TPSA) is 66.9 Å². The fraction of sp³-hybridized carbons (Fsp3) is 0.0769. The number of alkyl halides is 3. The molecule has 21 heavy (non-hydrogen) atoms. The molecule has 0 bridgehead atoms. The molecule has 3 rings (SSSR count). The molecule has 0 unspecified atom stereocenters. The summed E-state index contributed by atoms with van der Waals surface area (Å²) in [5.41, 5.74) is 0.454. The first-order valence-electron chi connectivity index (χ1n) is 5.77. The van der Waals surface area contributed by atoms with Crippen LogP contribution in [0.15, 0.2) is 36.8 Å². The Labute approximate surface area is 116 Å². The molecule has 3 aromatic rings. The van der Waals surface area contributed by atoms with E-state index in [2.05, 4.69) is 15.1 Å². The smallest absolute Gasteiger partial charge is 0.231 e. The van der Waals surface area contributed by atoms with Gasteiger partial charge >= 0.3 is 6.18 Å². The monoisotopic (exact) mass is 289 g/mol. The van der Waals surface area contributed by atoms with Crippen LogP contribution in [-0.2, 0) is 6.18 Å². The fourth-order valence-electron chi connectivity index (χ4n) is 1.89. The van der Waals surface area contributed by atoms with Crippen LogP contribution in [0.1, 0.15) is 11.3 Å². The summed E-state index contributed by atoms with van der Waals surface area (Å²) in [7, 11) is 0. The molecule has 0 aliphatic carbocycles. The maximum atomic E-state index is 12.6. The van der Waals surface area contributed by atoms with Crippen LogP contribution in [-0.4, -0.2) is 19.6 Å². The minimum atomic E-state index is -4.40. The Kier molecular flexibility index (Phi) is 2.83. The zero-order valence-electron chi connectivity index (χ0n) is 10.3. The average molecular weight is 289 g/mol. The molecule has 1 aromatic carbocycles. The zero-order chi connectivity index (χ0) is 15.0. The van der Waals surface area contributed by atoms with E-state index in [1.807, 2.05) is 6.07 Å². The Morgan fingerprint density at radius 3 is 2.48 bits per heavy atom. The van der Waals surface area contributed by atoms with Gasteiger partial charge in [-0.15, -0.1) is 0 Å². The molecule has 0 N–H and O–H groups in total. The lowest BCUT2D eigenvalue weighted by Gasteiger charge is -2.08. The van der Waals surface area contributed by atoms with E-state index >= 15 is 0 Å². The van der Waals surface area contributed by atoms with Gasteiger partial charge in [-0.25, -0.2) is 14.5 Å². The van der Waals surface area contributed by atoms with Crippen LogP contribution in [0.3, 0.4) is 0 Å². The first-order chi connectivity index (χ1) is 9.99. The van der Waals surface area contributed by atoms with E-state index in [0.29, 0.717) is 16.9 Å². The molecule has 5 nitrogen and oxygen atoms in total. The van der Waals surface area contributed by atoms with Gasteiger partial charge in [0.1, 0.15) is 18.1 Å². The molecule has 0 saturated heterocycles. The quantitative estimate of drug-likeness (QED) is 0.690. The van der Waals surface area contributed by atoms with Crippen molar-refractivity contribution >= 4 is 5.65 Å². The first kappa shape index (κ1) is 13.1. The van der Waals surface area contributed by atoms with Crippen LogP contribution in [0, 0.1) is 11.3 Å². The number of nitriles is 1. The van der Waals surface area contributed by atoms with Gasteiger partial charge in [-0.2, -0.15) is 23.5 Å². The summed E-state index contributed by atoms with van der Waals surface area (Å²) in [5.74, 6) is 0. The van der Waals surface area contributed by atoms with Crippen molar-refractivity contribution in [3.8, 4) is 17.3 Å². The summed E-state index contributed by atoms with van der Waals surface area (Å²) in [4.78, 5) is 8.09. The third kappa shape index (κ3) is 2.29. The summed E-state index contributed by atoms with van der Waals surface area (Å²) in [6, 6.07) is 6.38. The predicted octanol–water partition coefficient (Wildman–Crippen LogP) is 2.68. The predicted molar refractivity (Wildman–Crippen MR) is 65.9 cm³/mol. The highest BCUT2D eigenvalue weighted by atomic mass is 19.4. The SMILES string of the molecule is N#Cc1cn2ncnc2c(-c2ccc(C(F)(F)F)cc2)n1. The number of halogens is 3. The van der Waals surface area contributed by atoms with Crippen molar-refractivity contribution in [2.24, 2.45) is 0 Å². The van der Waals surface area contributed by atoms with E-state index < -0.39 is 11.7 Å². The summed E-state index contributed by atoms with van der Waals surface area (Å²) in [5, 5.41) is 12.8. The molecule has 2 aromatic heterocycles. The Bertz CT molecular complexity index is 843. The molecule has 0 radical (unpaired) electrons. The second-order valence-electron chi connectivity index (χ2n) is 4.19. The van der Waals surface area contributed by atoms with E-state index in [0.717, 1.165) is 12.1 Å². The van der Waals surface area contributed by atoms with Gasteiger partial charge in [0, 0.05) is 5.56 Å². The first-order valence-corrected chi connectivity index (χ1v) is 5.77. The average Bonchev–Trinajstić information content (AvgIpc) is 2.93. The number of benzene rings is 1. The molecule has 0 amide bonds. The molecule has 0 aliphatic heterocycles. The third-order valence-electron chi connectivity index (χ3n) is 2.86. The fourth-order valence-corrected chi connectivity index (χ4v) is 1.89. The van der Waals surface area contributed by atoms with Crippen LogP contribution >= 0.6 is 0 Å². The second kappa shape index (κ2) is 4.56. The molecule has 2 heterocycles. The van der Waals surface area contributed by atoms with Gasteiger partial charge in [-0.1, -0.05) is 12.1 Å². The van der Waals surface area contributed by atoms with Crippen molar-refractivity contribution in [2.75, 3.05) is 0 Å². The van der Waals surface area contributed by atoms with Crippen molar-refractivity contribution in [1.29, 1.82) is 5.26 Å². The Hall–Kier alpha value is -2.95. The number of fused-ring (bicyclic) bond motifs is 1. The number of aromatic nitrogens is 4. The molecular weight excluding hydrogens is 283 g/mol. The summed E-state index contributed by atoms with van der Waals surface area (Å²) in [6.07, 6.45) is -1.72. The largest absolute Gasteiger partial charge is 0.416 e. The minimum Gasteiger partial charge on any atom is -0.231 e. The zero-order valence-corrected chi connectivity index (χ0v) is 10.3.